The number of anilines is 1. The molecule has 4 rings (SSSR count). The molecule has 118 valence electrons. The Labute approximate surface area is 134 Å². The molecule has 0 bridgehead atoms. The van der Waals surface area contributed by atoms with Gasteiger partial charge in [-0.05, 0) is 43.9 Å². The summed E-state index contributed by atoms with van der Waals surface area (Å²) in [6.07, 6.45) is 8.07. The number of nitrogens with two attached hydrogens (primary N) is 1. The highest BCUT2D eigenvalue weighted by atomic mass is 16.5. The number of ether oxygens (including phenoxy) is 1. The lowest BCUT2D eigenvalue weighted by molar-refractivity contribution is 0.157. The van der Waals surface area contributed by atoms with Gasteiger partial charge < -0.3 is 10.5 Å². The van der Waals surface area contributed by atoms with Gasteiger partial charge in [-0.2, -0.15) is 5.10 Å². The Kier molecular flexibility index (Phi) is 3.61. The molecule has 0 spiro atoms. The standard InChI is InChI=1S/C18H20N4O/c19-18-11-17(23-13-4-2-1-3-5-13)14-7-6-12(10-16(14)21-18)15-8-9-20-22-15/h6-11,13H,1-5H2,(H2,19,21)(H,20,22). The van der Waals surface area contributed by atoms with E-state index in [0.29, 0.717) is 11.9 Å². The molecule has 5 nitrogen and oxygen atoms in total. The van der Waals surface area contributed by atoms with Crippen LogP contribution in [0.4, 0.5) is 5.82 Å². The Balaban J connectivity index is 1.72. The Hall–Kier alpha value is -2.56. The van der Waals surface area contributed by atoms with Gasteiger partial charge >= 0.3 is 0 Å². The predicted molar refractivity (Wildman–Crippen MR) is 91.2 cm³/mol. The van der Waals surface area contributed by atoms with Gasteiger partial charge in [0.2, 0.25) is 0 Å². The molecule has 1 aromatic carbocycles. The van der Waals surface area contributed by atoms with Crippen LogP contribution in [0, 0.1) is 0 Å². The zero-order chi connectivity index (χ0) is 15.6. The van der Waals surface area contributed by atoms with Crippen LogP contribution in [-0.4, -0.2) is 21.3 Å². The van der Waals surface area contributed by atoms with Crippen molar-refractivity contribution >= 4 is 16.7 Å². The van der Waals surface area contributed by atoms with Crippen LogP contribution in [-0.2, 0) is 0 Å². The smallest absolute Gasteiger partial charge is 0.132 e. The lowest BCUT2D eigenvalue weighted by atomic mass is 9.97. The van der Waals surface area contributed by atoms with Gasteiger partial charge in [-0.25, -0.2) is 4.98 Å². The van der Waals surface area contributed by atoms with Crippen LogP contribution in [0.1, 0.15) is 32.1 Å². The Morgan fingerprint density at radius 2 is 1.96 bits per heavy atom. The van der Waals surface area contributed by atoms with Gasteiger partial charge in [0.15, 0.2) is 0 Å². The van der Waals surface area contributed by atoms with Crippen molar-refractivity contribution < 1.29 is 4.74 Å². The van der Waals surface area contributed by atoms with Gasteiger partial charge in [0.1, 0.15) is 11.6 Å². The maximum absolute atomic E-state index is 6.24. The second-order valence-corrected chi connectivity index (χ2v) is 6.13. The first-order chi connectivity index (χ1) is 11.3. The van der Waals surface area contributed by atoms with Crippen molar-refractivity contribution in [2.24, 2.45) is 0 Å². The Bertz CT molecular complexity index is 807. The molecule has 2 heterocycles. The van der Waals surface area contributed by atoms with E-state index < -0.39 is 0 Å². The molecule has 23 heavy (non-hydrogen) atoms. The summed E-state index contributed by atoms with van der Waals surface area (Å²) in [5, 5.41) is 7.98. The van der Waals surface area contributed by atoms with Crippen LogP contribution in [0.5, 0.6) is 5.75 Å². The van der Waals surface area contributed by atoms with E-state index in [1.54, 1.807) is 6.20 Å². The van der Waals surface area contributed by atoms with Crippen LogP contribution in [0.2, 0.25) is 0 Å². The van der Waals surface area contributed by atoms with Crippen molar-refractivity contribution in [2.45, 2.75) is 38.2 Å². The minimum absolute atomic E-state index is 0.293. The number of rotatable bonds is 3. The topological polar surface area (TPSA) is 76.8 Å². The third-order valence-corrected chi connectivity index (χ3v) is 4.45. The highest BCUT2D eigenvalue weighted by Crippen LogP contribution is 2.32. The van der Waals surface area contributed by atoms with E-state index in [1.165, 1.54) is 19.3 Å². The number of pyridine rings is 1. The molecule has 1 aliphatic carbocycles. The first-order valence-corrected chi connectivity index (χ1v) is 8.16. The zero-order valence-electron chi connectivity index (χ0n) is 13.0. The number of nitrogens with zero attached hydrogens (tertiary/aromatic N) is 2. The van der Waals surface area contributed by atoms with Gasteiger partial charge in [-0.1, -0.05) is 12.5 Å². The average Bonchev–Trinajstić information content (AvgIpc) is 3.09. The van der Waals surface area contributed by atoms with Gasteiger partial charge in [0.25, 0.3) is 0 Å². The first-order valence-electron chi connectivity index (χ1n) is 8.16. The lowest BCUT2D eigenvalue weighted by Crippen LogP contribution is -2.19. The third-order valence-electron chi connectivity index (χ3n) is 4.45. The molecule has 0 amide bonds. The molecule has 0 atom stereocenters. The Morgan fingerprint density at radius 3 is 2.74 bits per heavy atom. The van der Waals surface area contributed by atoms with E-state index in [9.17, 15) is 0 Å². The number of hydrogen-bond acceptors (Lipinski definition) is 4. The molecular weight excluding hydrogens is 288 g/mol. The van der Waals surface area contributed by atoms with Crippen molar-refractivity contribution in [3.63, 3.8) is 0 Å². The summed E-state index contributed by atoms with van der Waals surface area (Å²) in [5.41, 5.74) is 8.84. The van der Waals surface area contributed by atoms with E-state index in [1.807, 2.05) is 18.2 Å². The number of aromatic amines is 1. The number of H-pyrrole nitrogens is 1. The highest BCUT2D eigenvalue weighted by molar-refractivity contribution is 5.90. The molecule has 3 aromatic rings. The number of fused-ring (bicyclic) bond motifs is 1. The van der Waals surface area contributed by atoms with Crippen LogP contribution in [0.15, 0.2) is 36.5 Å². The molecule has 5 heteroatoms. The summed E-state index contributed by atoms with van der Waals surface area (Å²) in [4.78, 5) is 4.46. The fourth-order valence-corrected chi connectivity index (χ4v) is 3.26. The van der Waals surface area contributed by atoms with Crippen molar-refractivity contribution in [3.8, 4) is 17.0 Å². The van der Waals surface area contributed by atoms with Crippen molar-refractivity contribution in [1.29, 1.82) is 0 Å². The van der Waals surface area contributed by atoms with Gasteiger partial charge in [0, 0.05) is 23.2 Å². The molecular formula is C18H20N4O. The molecule has 0 unspecified atom stereocenters. The van der Waals surface area contributed by atoms with E-state index in [2.05, 4.69) is 27.3 Å². The summed E-state index contributed by atoms with van der Waals surface area (Å²) in [6, 6.07) is 9.91. The molecule has 1 saturated carbocycles. The molecule has 0 aliphatic heterocycles. The SMILES string of the molecule is Nc1cc(OC2CCCCC2)c2ccc(-c3ccn[nH]3)cc2n1. The average molecular weight is 308 g/mol. The zero-order valence-corrected chi connectivity index (χ0v) is 13.0. The molecule has 2 aromatic heterocycles. The molecule has 0 radical (unpaired) electrons. The van der Waals surface area contributed by atoms with E-state index in [-0.39, 0.29) is 0 Å². The quantitative estimate of drug-likeness (QED) is 0.769. The Morgan fingerprint density at radius 1 is 1.09 bits per heavy atom. The van der Waals surface area contributed by atoms with Gasteiger partial charge in [-0.3, -0.25) is 5.10 Å². The van der Waals surface area contributed by atoms with Crippen LogP contribution >= 0.6 is 0 Å². The fourth-order valence-electron chi connectivity index (χ4n) is 3.26. The monoisotopic (exact) mass is 308 g/mol. The van der Waals surface area contributed by atoms with Crippen LogP contribution in [0.25, 0.3) is 22.2 Å². The number of nitrogens with one attached hydrogen (secondary N) is 1. The summed E-state index contributed by atoms with van der Waals surface area (Å²) in [6.45, 7) is 0. The van der Waals surface area contributed by atoms with E-state index in [0.717, 1.165) is 40.8 Å². The molecule has 3 N–H and O–H groups in total. The van der Waals surface area contributed by atoms with Crippen LogP contribution in [0.3, 0.4) is 0 Å². The molecule has 0 saturated heterocycles. The maximum Gasteiger partial charge on any atom is 0.132 e. The maximum atomic E-state index is 6.24. The summed E-state index contributed by atoms with van der Waals surface area (Å²) >= 11 is 0. The van der Waals surface area contributed by atoms with Crippen molar-refractivity contribution in [2.75, 3.05) is 5.73 Å². The second-order valence-electron chi connectivity index (χ2n) is 6.13. The van der Waals surface area contributed by atoms with Crippen molar-refractivity contribution in [1.82, 2.24) is 15.2 Å². The molecule has 1 fully saturated rings. The second kappa shape index (κ2) is 5.91. The number of hydrogen-bond donors (Lipinski definition) is 2. The number of benzene rings is 1. The third kappa shape index (κ3) is 2.86. The van der Waals surface area contributed by atoms with E-state index >= 15 is 0 Å². The van der Waals surface area contributed by atoms with Gasteiger partial charge in [-0.15, -0.1) is 0 Å². The van der Waals surface area contributed by atoms with Crippen LogP contribution < -0.4 is 10.5 Å². The first kappa shape index (κ1) is 14.1. The number of aromatic nitrogens is 3. The van der Waals surface area contributed by atoms with E-state index in [4.69, 9.17) is 10.5 Å². The predicted octanol–water partition coefficient (Wildman–Crippen LogP) is 3.92. The summed E-state index contributed by atoms with van der Waals surface area (Å²) in [5.74, 6) is 1.33. The summed E-state index contributed by atoms with van der Waals surface area (Å²) in [7, 11) is 0. The minimum Gasteiger partial charge on any atom is -0.490 e. The summed E-state index contributed by atoms with van der Waals surface area (Å²) < 4.78 is 6.24. The van der Waals surface area contributed by atoms with Gasteiger partial charge in [0.05, 0.1) is 17.3 Å². The minimum atomic E-state index is 0.293. The largest absolute Gasteiger partial charge is 0.490 e. The number of nitrogen functional groups attached to an aromatic ring is 1. The molecule has 1 aliphatic rings. The normalized spacial score (nSPS) is 15.8. The van der Waals surface area contributed by atoms with Crippen molar-refractivity contribution in [3.05, 3.63) is 36.5 Å². The lowest BCUT2D eigenvalue weighted by Gasteiger charge is -2.23. The fraction of sp³-hybridized carbons (Fsp3) is 0.333. The highest BCUT2D eigenvalue weighted by Gasteiger charge is 2.17.